The second-order valence-corrected chi connectivity index (χ2v) is 4.71. The summed E-state index contributed by atoms with van der Waals surface area (Å²) in [6.45, 7) is 4.64. The molecule has 0 bridgehead atoms. The quantitative estimate of drug-likeness (QED) is 0.581. The van der Waals surface area contributed by atoms with Crippen LogP contribution in [0.25, 0.3) is 0 Å². The van der Waals surface area contributed by atoms with Crippen LogP contribution in [0.2, 0.25) is 0 Å². The summed E-state index contributed by atoms with van der Waals surface area (Å²) < 4.78 is 0. The number of nitrogens with one attached hydrogen (secondary N) is 1. The summed E-state index contributed by atoms with van der Waals surface area (Å²) in [6, 6.07) is 0.176. The number of piperazine rings is 1. The third-order valence-corrected chi connectivity index (χ3v) is 3.16. The number of rotatable bonds is 0. The highest BCUT2D eigenvalue weighted by Crippen LogP contribution is 2.26. The van der Waals surface area contributed by atoms with Gasteiger partial charge in [-0.05, 0) is 26.7 Å². The number of carbonyl (C=O) groups is 1. The van der Waals surface area contributed by atoms with E-state index in [0.29, 0.717) is 0 Å². The number of amides is 1. The second-order valence-electron chi connectivity index (χ2n) is 4.27. The minimum absolute atomic E-state index is 0.176. The largest absolute Gasteiger partial charge is 0.364 e. The summed E-state index contributed by atoms with van der Waals surface area (Å²) >= 11 is 5.24. The van der Waals surface area contributed by atoms with Gasteiger partial charge >= 0.3 is 0 Å². The maximum atomic E-state index is 11.9. The normalized spacial score (nSPS) is 31.5. The molecule has 1 atom stereocenters. The maximum absolute atomic E-state index is 11.9. The molecule has 0 aromatic rings. The minimum atomic E-state index is -0.502. The number of nitrogens with zero attached hydrogens (tertiary/aromatic N) is 1. The second kappa shape index (κ2) is 2.67. The molecule has 2 fully saturated rings. The molecule has 2 heterocycles. The molecule has 0 aliphatic carbocycles. The van der Waals surface area contributed by atoms with Gasteiger partial charge in [0.2, 0.25) is 5.91 Å². The van der Waals surface area contributed by atoms with Crippen LogP contribution >= 0.6 is 12.2 Å². The van der Waals surface area contributed by atoms with Crippen molar-refractivity contribution in [1.82, 2.24) is 10.2 Å². The van der Waals surface area contributed by atoms with E-state index in [9.17, 15) is 4.79 Å². The van der Waals surface area contributed by atoms with Gasteiger partial charge < -0.3 is 10.2 Å². The van der Waals surface area contributed by atoms with E-state index in [0.717, 1.165) is 24.4 Å². The number of hydrogen-bond acceptors (Lipinski definition) is 2. The lowest BCUT2D eigenvalue weighted by molar-refractivity contribution is -0.137. The molecule has 2 saturated heterocycles. The monoisotopic (exact) mass is 198 g/mol. The van der Waals surface area contributed by atoms with Crippen molar-refractivity contribution in [2.24, 2.45) is 0 Å². The predicted octanol–water partition coefficient (Wildman–Crippen LogP) is 0.687. The van der Waals surface area contributed by atoms with Crippen LogP contribution in [0.3, 0.4) is 0 Å². The average Bonchev–Trinajstić information content (AvgIpc) is 2.47. The molecule has 2 aliphatic rings. The van der Waals surface area contributed by atoms with Gasteiger partial charge in [0, 0.05) is 6.54 Å². The van der Waals surface area contributed by atoms with Crippen LogP contribution in [0, 0.1) is 0 Å². The third kappa shape index (κ3) is 1.24. The van der Waals surface area contributed by atoms with Crippen LogP contribution in [0.4, 0.5) is 0 Å². The van der Waals surface area contributed by atoms with Crippen molar-refractivity contribution in [3.63, 3.8) is 0 Å². The molecule has 0 radical (unpaired) electrons. The Labute approximate surface area is 83.5 Å². The highest BCUT2D eigenvalue weighted by molar-refractivity contribution is 7.80. The van der Waals surface area contributed by atoms with Gasteiger partial charge in [0.25, 0.3) is 0 Å². The SMILES string of the molecule is CC1(C)NC(=S)[C@H]2CCCN2C1=O. The number of hydrogen-bond donors (Lipinski definition) is 1. The molecule has 0 aromatic heterocycles. The third-order valence-electron chi connectivity index (χ3n) is 2.79. The lowest BCUT2D eigenvalue weighted by Crippen LogP contribution is -2.65. The number of carbonyl (C=O) groups excluding carboxylic acids is 1. The Morgan fingerprint density at radius 1 is 1.62 bits per heavy atom. The molecular weight excluding hydrogens is 184 g/mol. The molecule has 13 heavy (non-hydrogen) atoms. The average molecular weight is 198 g/mol. The van der Waals surface area contributed by atoms with Crippen molar-refractivity contribution in [3.05, 3.63) is 0 Å². The van der Waals surface area contributed by atoms with E-state index < -0.39 is 5.54 Å². The van der Waals surface area contributed by atoms with Crippen molar-refractivity contribution in [2.75, 3.05) is 6.54 Å². The molecule has 2 rings (SSSR count). The molecule has 1 amide bonds. The maximum Gasteiger partial charge on any atom is 0.248 e. The highest BCUT2D eigenvalue weighted by Gasteiger charge is 2.44. The lowest BCUT2D eigenvalue weighted by Gasteiger charge is -2.41. The van der Waals surface area contributed by atoms with Crippen LogP contribution < -0.4 is 5.32 Å². The fourth-order valence-electron chi connectivity index (χ4n) is 2.09. The standard InChI is InChI=1S/C9H14N2OS/c1-9(2)8(12)11-5-3-4-6(11)7(13)10-9/h6H,3-5H2,1-2H3,(H,10,13)/t6-/m1/s1. The van der Waals surface area contributed by atoms with E-state index in [-0.39, 0.29) is 11.9 Å². The van der Waals surface area contributed by atoms with E-state index in [1.807, 2.05) is 18.7 Å². The van der Waals surface area contributed by atoms with Gasteiger partial charge in [-0.1, -0.05) is 12.2 Å². The molecule has 2 aliphatic heterocycles. The zero-order chi connectivity index (χ0) is 9.64. The van der Waals surface area contributed by atoms with Gasteiger partial charge in [0.15, 0.2) is 0 Å². The number of thiocarbonyl (C=S) groups is 1. The Bertz CT molecular complexity index is 275. The van der Waals surface area contributed by atoms with Gasteiger partial charge in [-0.25, -0.2) is 0 Å². The first kappa shape index (κ1) is 8.94. The smallest absolute Gasteiger partial charge is 0.248 e. The minimum Gasteiger partial charge on any atom is -0.364 e. The van der Waals surface area contributed by atoms with Crippen molar-refractivity contribution in [2.45, 2.75) is 38.3 Å². The Morgan fingerprint density at radius 3 is 3.00 bits per heavy atom. The van der Waals surface area contributed by atoms with Crippen molar-refractivity contribution < 1.29 is 4.79 Å². The summed E-state index contributed by atoms with van der Waals surface area (Å²) in [5, 5.41) is 3.12. The zero-order valence-corrected chi connectivity index (χ0v) is 8.78. The van der Waals surface area contributed by atoms with Crippen LogP contribution in [-0.2, 0) is 4.79 Å². The predicted molar refractivity (Wildman–Crippen MR) is 54.5 cm³/mol. The molecule has 4 heteroatoms. The van der Waals surface area contributed by atoms with E-state index >= 15 is 0 Å². The van der Waals surface area contributed by atoms with Gasteiger partial charge in [-0.15, -0.1) is 0 Å². The van der Waals surface area contributed by atoms with Crippen molar-refractivity contribution >= 4 is 23.1 Å². The van der Waals surface area contributed by atoms with Gasteiger partial charge in [-0.3, -0.25) is 4.79 Å². The van der Waals surface area contributed by atoms with Crippen molar-refractivity contribution in [1.29, 1.82) is 0 Å². The Kier molecular flexibility index (Phi) is 1.84. The summed E-state index contributed by atoms with van der Waals surface area (Å²) in [6.07, 6.45) is 2.10. The van der Waals surface area contributed by atoms with Gasteiger partial charge in [0.05, 0.1) is 11.0 Å². The highest BCUT2D eigenvalue weighted by atomic mass is 32.1. The fraction of sp³-hybridized carbons (Fsp3) is 0.778. The summed E-state index contributed by atoms with van der Waals surface area (Å²) in [4.78, 5) is 14.6. The molecule has 72 valence electrons. The molecule has 0 spiro atoms. The number of fused-ring (bicyclic) bond motifs is 1. The van der Waals surface area contributed by atoms with Gasteiger partial charge in [-0.2, -0.15) is 0 Å². The van der Waals surface area contributed by atoms with E-state index in [2.05, 4.69) is 5.32 Å². The summed E-state index contributed by atoms with van der Waals surface area (Å²) in [5.74, 6) is 0.184. The van der Waals surface area contributed by atoms with E-state index in [1.54, 1.807) is 0 Å². The fourth-order valence-corrected chi connectivity index (χ4v) is 2.59. The first-order chi connectivity index (χ1) is 6.02. The van der Waals surface area contributed by atoms with Crippen LogP contribution in [-0.4, -0.2) is 33.9 Å². The summed E-state index contributed by atoms with van der Waals surface area (Å²) in [7, 11) is 0. The Morgan fingerprint density at radius 2 is 2.31 bits per heavy atom. The van der Waals surface area contributed by atoms with Crippen LogP contribution in [0.15, 0.2) is 0 Å². The molecular formula is C9H14N2OS. The van der Waals surface area contributed by atoms with Crippen molar-refractivity contribution in [3.8, 4) is 0 Å². The zero-order valence-electron chi connectivity index (χ0n) is 7.96. The first-order valence-corrected chi connectivity index (χ1v) is 5.06. The molecule has 0 aromatic carbocycles. The first-order valence-electron chi connectivity index (χ1n) is 4.65. The van der Waals surface area contributed by atoms with E-state index in [1.165, 1.54) is 0 Å². The van der Waals surface area contributed by atoms with Crippen LogP contribution in [0.5, 0.6) is 0 Å². The Hall–Kier alpha value is -0.640. The molecule has 3 nitrogen and oxygen atoms in total. The Balaban J connectivity index is 2.30. The molecule has 0 saturated carbocycles. The molecule has 0 unspecified atom stereocenters. The topological polar surface area (TPSA) is 32.3 Å². The van der Waals surface area contributed by atoms with E-state index in [4.69, 9.17) is 12.2 Å². The molecule has 1 N–H and O–H groups in total. The summed E-state index contributed by atoms with van der Waals surface area (Å²) in [5.41, 5.74) is -0.502. The van der Waals surface area contributed by atoms with Gasteiger partial charge in [0.1, 0.15) is 5.54 Å². The van der Waals surface area contributed by atoms with Crippen LogP contribution in [0.1, 0.15) is 26.7 Å². The lowest BCUT2D eigenvalue weighted by atomic mass is 9.98.